The van der Waals surface area contributed by atoms with E-state index in [-0.39, 0.29) is 26.7 Å². The van der Waals surface area contributed by atoms with Crippen LogP contribution >= 0.6 is 23.2 Å². The lowest BCUT2D eigenvalue weighted by molar-refractivity contribution is -0.120. The second-order valence-electron chi connectivity index (χ2n) is 6.65. The van der Waals surface area contributed by atoms with Crippen molar-refractivity contribution >= 4 is 44.8 Å². The molecule has 0 saturated heterocycles. The standard InChI is InChI=1S/C20H24Cl2N2O3S/c1-4-6-15(3)23-19(25)13-24(18-8-5-7-17(21)20(18)22)28(26,27)16-11-9-14(2)10-12-16/h5,7-12,15H,4,6,13H2,1-3H3,(H,23,25)/t15-/m1/s1. The third kappa shape index (κ3) is 5.40. The number of carbonyl (C=O) groups is 1. The number of amides is 1. The number of rotatable bonds is 8. The van der Waals surface area contributed by atoms with Crippen molar-refractivity contribution in [3.63, 3.8) is 0 Å². The number of carbonyl (C=O) groups excluding carboxylic acids is 1. The summed E-state index contributed by atoms with van der Waals surface area (Å²) in [4.78, 5) is 12.6. The summed E-state index contributed by atoms with van der Waals surface area (Å²) in [5, 5.41) is 3.12. The van der Waals surface area contributed by atoms with Gasteiger partial charge in [-0.25, -0.2) is 8.42 Å². The van der Waals surface area contributed by atoms with E-state index in [9.17, 15) is 13.2 Å². The molecule has 2 aromatic rings. The lowest BCUT2D eigenvalue weighted by Gasteiger charge is -2.26. The Bertz CT molecular complexity index is 931. The molecule has 0 unspecified atom stereocenters. The summed E-state index contributed by atoms with van der Waals surface area (Å²) in [6.45, 7) is 5.37. The maximum atomic E-state index is 13.3. The molecule has 1 amide bonds. The molecule has 0 saturated carbocycles. The van der Waals surface area contributed by atoms with Crippen LogP contribution in [-0.4, -0.2) is 26.9 Å². The minimum absolute atomic E-state index is 0.0590. The zero-order chi connectivity index (χ0) is 20.9. The van der Waals surface area contributed by atoms with Crippen molar-refractivity contribution < 1.29 is 13.2 Å². The Morgan fingerprint density at radius 2 is 1.79 bits per heavy atom. The molecule has 0 heterocycles. The highest BCUT2D eigenvalue weighted by molar-refractivity contribution is 7.92. The zero-order valence-electron chi connectivity index (χ0n) is 16.1. The van der Waals surface area contributed by atoms with Crippen LogP contribution in [0, 0.1) is 6.92 Å². The molecule has 0 bridgehead atoms. The molecule has 0 radical (unpaired) electrons. The van der Waals surface area contributed by atoms with Crippen molar-refractivity contribution in [3.05, 3.63) is 58.1 Å². The first-order chi connectivity index (χ1) is 13.2. The summed E-state index contributed by atoms with van der Waals surface area (Å²) in [6, 6.07) is 11.1. The van der Waals surface area contributed by atoms with Gasteiger partial charge in [-0.15, -0.1) is 0 Å². The number of aryl methyl sites for hydroxylation is 1. The first-order valence-electron chi connectivity index (χ1n) is 8.99. The van der Waals surface area contributed by atoms with Crippen molar-refractivity contribution in [2.45, 2.75) is 44.6 Å². The lowest BCUT2D eigenvalue weighted by Crippen LogP contribution is -2.43. The van der Waals surface area contributed by atoms with Crippen LogP contribution in [0.2, 0.25) is 10.0 Å². The van der Waals surface area contributed by atoms with Crippen LogP contribution in [0.15, 0.2) is 47.4 Å². The third-order valence-electron chi connectivity index (χ3n) is 4.23. The Morgan fingerprint density at radius 1 is 1.14 bits per heavy atom. The summed E-state index contributed by atoms with van der Waals surface area (Å²) >= 11 is 12.4. The van der Waals surface area contributed by atoms with E-state index in [1.54, 1.807) is 24.3 Å². The predicted octanol–water partition coefficient (Wildman–Crippen LogP) is 4.80. The SMILES string of the molecule is CCC[C@@H](C)NC(=O)CN(c1cccc(Cl)c1Cl)S(=O)(=O)c1ccc(C)cc1. The number of halogens is 2. The van der Waals surface area contributed by atoms with Gasteiger partial charge in [-0.05, 0) is 44.5 Å². The number of nitrogens with zero attached hydrogens (tertiary/aromatic N) is 1. The molecule has 0 aliphatic rings. The van der Waals surface area contributed by atoms with Gasteiger partial charge in [0.05, 0.1) is 20.6 Å². The second kappa shape index (κ2) is 9.63. The van der Waals surface area contributed by atoms with Crippen LogP contribution in [0.25, 0.3) is 0 Å². The molecule has 5 nitrogen and oxygen atoms in total. The van der Waals surface area contributed by atoms with Gasteiger partial charge in [0, 0.05) is 6.04 Å². The van der Waals surface area contributed by atoms with Crippen molar-refractivity contribution in [2.75, 3.05) is 10.8 Å². The van der Waals surface area contributed by atoms with Gasteiger partial charge in [-0.2, -0.15) is 0 Å². The number of sulfonamides is 1. The van der Waals surface area contributed by atoms with E-state index in [1.165, 1.54) is 18.2 Å². The second-order valence-corrected chi connectivity index (χ2v) is 9.30. The van der Waals surface area contributed by atoms with Gasteiger partial charge in [0.2, 0.25) is 5.91 Å². The van der Waals surface area contributed by atoms with E-state index in [4.69, 9.17) is 23.2 Å². The number of nitrogens with one attached hydrogen (secondary N) is 1. The minimum atomic E-state index is -4.02. The summed E-state index contributed by atoms with van der Waals surface area (Å²) < 4.78 is 27.6. The fourth-order valence-corrected chi connectivity index (χ4v) is 4.66. The number of hydrogen-bond acceptors (Lipinski definition) is 3. The van der Waals surface area contributed by atoms with Gasteiger partial charge in [-0.3, -0.25) is 9.10 Å². The monoisotopic (exact) mass is 442 g/mol. The Balaban J connectivity index is 2.45. The summed E-state index contributed by atoms with van der Waals surface area (Å²) in [7, 11) is -4.02. The van der Waals surface area contributed by atoms with Gasteiger partial charge < -0.3 is 5.32 Å². The molecule has 0 aliphatic heterocycles. The maximum Gasteiger partial charge on any atom is 0.264 e. The van der Waals surface area contributed by atoms with Gasteiger partial charge in [-0.1, -0.05) is 60.3 Å². The minimum Gasteiger partial charge on any atom is -0.352 e. The fourth-order valence-electron chi connectivity index (χ4n) is 2.78. The van der Waals surface area contributed by atoms with E-state index < -0.39 is 22.5 Å². The fraction of sp³-hybridized carbons (Fsp3) is 0.350. The largest absolute Gasteiger partial charge is 0.352 e. The van der Waals surface area contributed by atoms with E-state index >= 15 is 0 Å². The Morgan fingerprint density at radius 3 is 2.39 bits per heavy atom. The van der Waals surface area contributed by atoms with Crippen molar-refractivity contribution in [3.8, 4) is 0 Å². The van der Waals surface area contributed by atoms with Crippen LogP contribution in [0.3, 0.4) is 0 Å². The van der Waals surface area contributed by atoms with E-state index in [0.29, 0.717) is 0 Å². The van der Waals surface area contributed by atoms with Crippen LogP contribution in [0.4, 0.5) is 5.69 Å². The molecule has 2 rings (SSSR count). The smallest absolute Gasteiger partial charge is 0.264 e. The Kier molecular flexibility index (Phi) is 7.75. The topological polar surface area (TPSA) is 66.5 Å². The average molecular weight is 443 g/mol. The normalized spacial score (nSPS) is 12.5. The lowest BCUT2D eigenvalue weighted by atomic mass is 10.2. The Hall–Kier alpha value is -1.76. The molecular weight excluding hydrogens is 419 g/mol. The third-order valence-corrected chi connectivity index (χ3v) is 6.81. The average Bonchev–Trinajstić information content (AvgIpc) is 2.63. The van der Waals surface area contributed by atoms with E-state index in [2.05, 4.69) is 5.32 Å². The highest BCUT2D eigenvalue weighted by atomic mass is 35.5. The molecule has 0 aliphatic carbocycles. The van der Waals surface area contributed by atoms with Crippen LogP contribution in [0.1, 0.15) is 32.3 Å². The van der Waals surface area contributed by atoms with Crippen molar-refractivity contribution in [1.29, 1.82) is 0 Å². The quantitative estimate of drug-likeness (QED) is 0.637. The van der Waals surface area contributed by atoms with Crippen LogP contribution < -0.4 is 9.62 Å². The first-order valence-corrected chi connectivity index (χ1v) is 11.2. The molecule has 152 valence electrons. The van der Waals surface area contributed by atoms with E-state index in [0.717, 1.165) is 22.7 Å². The van der Waals surface area contributed by atoms with E-state index in [1.807, 2.05) is 20.8 Å². The molecule has 2 aromatic carbocycles. The van der Waals surface area contributed by atoms with Gasteiger partial charge in [0.15, 0.2) is 0 Å². The van der Waals surface area contributed by atoms with Gasteiger partial charge in [0.25, 0.3) is 10.0 Å². The summed E-state index contributed by atoms with van der Waals surface area (Å²) in [5.41, 5.74) is 1.09. The highest BCUT2D eigenvalue weighted by Gasteiger charge is 2.29. The van der Waals surface area contributed by atoms with Gasteiger partial charge >= 0.3 is 0 Å². The molecule has 1 N–H and O–H groups in total. The first kappa shape index (κ1) is 22.5. The van der Waals surface area contributed by atoms with Crippen LogP contribution in [-0.2, 0) is 14.8 Å². The van der Waals surface area contributed by atoms with Crippen molar-refractivity contribution in [1.82, 2.24) is 5.32 Å². The molecule has 1 atom stereocenters. The Labute approximate surface area is 176 Å². The van der Waals surface area contributed by atoms with Crippen LogP contribution in [0.5, 0.6) is 0 Å². The molecule has 0 spiro atoms. The van der Waals surface area contributed by atoms with Crippen molar-refractivity contribution in [2.24, 2.45) is 0 Å². The maximum absolute atomic E-state index is 13.3. The zero-order valence-corrected chi connectivity index (χ0v) is 18.4. The highest BCUT2D eigenvalue weighted by Crippen LogP contribution is 2.35. The number of anilines is 1. The molecule has 28 heavy (non-hydrogen) atoms. The number of hydrogen-bond donors (Lipinski definition) is 1. The molecule has 0 aromatic heterocycles. The summed E-state index contributed by atoms with van der Waals surface area (Å²) in [6.07, 6.45) is 1.71. The van der Waals surface area contributed by atoms with Gasteiger partial charge in [0.1, 0.15) is 6.54 Å². The predicted molar refractivity (Wildman–Crippen MR) is 115 cm³/mol. The molecule has 0 fully saturated rings. The molecular formula is C20H24Cl2N2O3S. The summed E-state index contributed by atoms with van der Waals surface area (Å²) in [5.74, 6) is -0.410. The molecule has 8 heteroatoms. The number of benzene rings is 2.